The number of carbonyl (C=O) groups is 4. The fourth-order valence-corrected chi connectivity index (χ4v) is 4.19. The largest absolute Gasteiger partial charge is 0.391 e. The average molecular weight is 629 g/mol. The summed E-state index contributed by atoms with van der Waals surface area (Å²) in [4.78, 5) is 49.9. The van der Waals surface area contributed by atoms with Gasteiger partial charge in [0.1, 0.15) is 29.3 Å². The second-order valence-electron chi connectivity index (χ2n) is 10.9. The number of nitrogens with one attached hydrogen (secondary N) is 3. The Hall–Kier alpha value is -4.61. The van der Waals surface area contributed by atoms with Crippen molar-refractivity contribution in [1.29, 1.82) is 5.26 Å². The first kappa shape index (κ1) is 36.6. The Labute approximate surface area is 261 Å². The van der Waals surface area contributed by atoms with Crippen molar-refractivity contribution in [2.24, 2.45) is 5.92 Å². The highest BCUT2D eigenvalue weighted by Gasteiger charge is 2.29. The lowest BCUT2D eigenvalue weighted by atomic mass is 10.1. The van der Waals surface area contributed by atoms with Gasteiger partial charge in [-0.3, -0.25) is 19.2 Å². The molecule has 3 unspecified atom stereocenters. The molecule has 2 heterocycles. The summed E-state index contributed by atoms with van der Waals surface area (Å²) in [6.07, 6.45) is 1.45. The minimum Gasteiger partial charge on any atom is -0.391 e. The maximum Gasteiger partial charge on any atom is 0.274 e. The van der Waals surface area contributed by atoms with E-state index in [1.807, 2.05) is 19.9 Å². The molecule has 4 amide bonds. The summed E-state index contributed by atoms with van der Waals surface area (Å²) >= 11 is 0. The van der Waals surface area contributed by atoms with Crippen LogP contribution in [0.1, 0.15) is 54.6 Å². The monoisotopic (exact) mass is 628 g/mol. The van der Waals surface area contributed by atoms with Crippen LogP contribution in [0.15, 0.2) is 40.4 Å². The molecule has 3 atom stereocenters. The van der Waals surface area contributed by atoms with Crippen LogP contribution in [0.5, 0.6) is 0 Å². The number of benzene rings is 1. The molecule has 1 aliphatic rings. The van der Waals surface area contributed by atoms with E-state index in [4.69, 9.17) is 14.5 Å². The SMILES string of the molecule is COC1CCN(C(=O)/C(C#N)=C/C(C)C)C1.Cc1ccc(CNC(=O)CNC(=O)C(NC(=O)c2cc(C)on2)C(C)O)c(F)c1. The lowest BCUT2D eigenvalue weighted by Crippen LogP contribution is -2.53. The number of likely N-dealkylation sites (tertiary alicyclic amines) is 1. The number of aliphatic hydroxyl groups excluding tert-OH is 1. The van der Waals surface area contributed by atoms with E-state index >= 15 is 0 Å². The predicted molar refractivity (Wildman–Crippen MR) is 161 cm³/mol. The number of halogens is 1. The molecule has 0 spiro atoms. The third-order valence-corrected chi connectivity index (χ3v) is 6.64. The minimum absolute atomic E-state index is 0.0388. The van der Waals surface area contributed by atoms with Crippen LogP contribution in [-0.4, -0.2) is 83.8 Å². The Bertz CT molecular complexity index is 1420. The summed E-state index contributed by atoms with van der Waals surface area (Å²) in [5.74, 6) is -2.01. The van der Waals surface area contributed by atoms with E-state index in [1.54, 1.807) is 44.1 Å². The number of allylic oxidation sites excluding steroid dienone is 1. The molecular weight excluding hydrogens is 587 g/mol. The number of aromatic nitrogens is 1. The zero-order valence-corrected chi connectivity index (χ0v) is 26.3. The molecule has 2 aromatic rings. The molecule has 0 bridgehead atoms. The van der Waals surface area contributed by atoms with E-state index in [1.165, 1.54) is 19.1 Å². The molecule has 45 heavy (non-hydrogen) atoms. The van der Waals surface area contributed by atoms with Crippen molar-refractivity contribution in [1.82, 2.24) is 26.0 Å². The summed E-state index contributed by atoms with van der Waals surface area (Å²) in [5, 5.41) is 29.4. The smallest absolute Gasteiger partial charge is 0.274 e. The van der Waals surface area contributed by atoms with E-state index in [-0.39, 0.29) is 35.7 Å². The molecule has 4 N–H and O–H groups in total. The van der Waals surface area contributed by atoms with Gasteiger partial charge in [0.2, 0.25) is 11.8 Å². The molecule has 13 nitrogen and oxygen atoms in total. The molecule has 1 saturated heterocycles. The van der Waals surface area contributed by atoms with Gasteiger partial charge in [-0.15, -0.1) is 0 Å². The number of aryl methyl sites for hydroxylation is 2. The summed E-state index contributed by atoms with van der Waals surface area (Å²) in [6.45, 7) is 9.39. The van der Waals surface area contributed by atoms with E-state index in [2.05, 4.69) is 21.1 Å². The van der Waals surface area contributed by atoms with E-state index in [0.717, 1.165) is 12.0 Å². The summed E-state index contributed by atoms with van der Waals surface area (Å²) in [5.41, 5.74) is 1.27. The van der Waals surface area contributed by atoms with Crippen LogP contribution in [0.4, 0.5) is 4.39 Å². The Morgan fingerprint density at radius 1 is 1.22 bits per heavy atom. The molecule has 14 heteroatoms. The van der Waals surface area contributed by atoms with Gasteiger partial charge in [0, 0.05) is 38.4 Å². The topological polar surface area (TPSA) is 187 Å². The molecule has 3 rings (SSSR count). The van der Waals surface area contributed by atoms with Crippen LogP contribution in [0.2, 0.25) is 0 Å². The van der Waals surface area contributed by atoms with Gasteiger partial charge in [0.05, 0.1) is 18.8 Å². The van der Waals surface area contributed by atoms with Crippen LogP contribution in [0, 0.1) is 36.9 Å². The molecule has 1 aromatic heterocycles. The molecule has 0 aliphatic carbocycles. The van der Waals surface area contributed by atoms with Gasteiger partial charge in [0.25, 0.3) is 11.8 Å². The van der Waals surface area contributed by atoms with Gasteiger partial charge in [-0.1, -0.05) is 37.2 Å². The number of nitriles is 1. The third kappa shape index (κ3) is 11.8. The second kappa shape index (κ2) is 17.6. The number of rotatable bonds is 11. The van der Waals surface area contributed by atoms with Crippen molar-refractivity contribution >= 4 is 23.6 Å². The van der Waals surface area contributed by atoms with Gasteiger partial charge >= 0.3 is 0 Å². The van der Waals surface area contributed by atoms with Crippen molar-refractivity contribution in [3.8, 4) is 6.07 Å². The highest BCUT2D eigenvalue weighted by molar-refractivity contribution is 5.98. The summed E-state index contributed by atoms with van der Waals surface area (Å²) in [7, 11) is 1.65. The van der Waals surface area contributed by atoms with Crippen molar-refractivity contribution in [3.63, 3.8) is 0 Å². The molecular formula is C31H41FN6O7. The fraction of sp³-hybridized carbons (Fsp3) is 0.484. The summed E-state index contributed by atoms with van der Waals surface area (Å²) in [6, 6.07) is 6.69. The standard InChI is InChI=1S/C19H23FN4O5.C12H18N2O2/c1-10-4-5-13(14(20)6-10)8-21-16(26)9-22-19(28)17(12(3)25)23-18(27)15-7-11(2)29-24-15;1-9(2)6-10(7-13)12(15)14-5-4-11(8-14)16-3/h4-7,12,17,25H,8-9H2,1-3H3,(H,21,26)(H,22,28)(H,23,27);6,9,11H,4-5,8H2,1-3H3/b;10-6+. The normalized spacial score (nSPS) is 15.8. The van der Waals surface area contributed by atoms with Crippen molar-refractivity contribution < 1.29 is 37.9 Å². The minimum atomic E-state index is -1.30. The van der Waals surface area contributed by atoms with E-state index < -0.39 is 42.2 Å². The van der Waals surface area contributed by atoms with Gasteiger partial charge in [0.15, 0.2) is 5.69 Å². The fourth-order valence-electron chi connectivity index (χ4n) is 4.19. The van der Waals surface area contributed by atoms with E-state index in [0.29, 0.717) is 24.4 Å². The zero-order valence-electron chi connectivity index (χ0n) is 26.3. The summed E-state index contributed by atoms with van der Waals surface area (Å²) < 4.78 is 23.8. The number of ether oxygens (including phenoxy) is 1. The van der Waals surface area contributed by atoms with Crippen LogP contribution in [0.25, 0.3) is 0 Å². The second-order valence-corrected chi connectivity index (χ2v) is 10.9. The number of nitrogens with zero attached hydrogens (tertiary/aromatic N) is 3. The van der Waals surface area contributed by atoms with Crippen LogP contribution >= 0.6 is 0 Å². The quantitative estimate of drug-likeness (QED) is 0.212. The predicted octanol–water partition coefficient (Wildman–Crippen LogP) is 1.68. The van der Waals surface area contributed by atoms with Crippen molar-refractivity contribution in [2.45, 2.75) is 65.8 Å². The highest BCUT2D eigenvalue weighted by atomic mass is 19.1. The number of hydrogen-bond donors (Lipinski definition) is 4. The number of carbonyl (C=O) groups excluding carboxylic acids is 4. The first-order valence-corrected chi connectivity index (χ1v) is 14.4. The molecule has 244 valence electrons. The molecule has 1 aliphatic heterocycles. The molecule has 1 aromatic carbocycles. The van der Waals surface area contributed by atoms with Crippen LogP contribution < -0.4 is 16.0 Å². The number of hydrogen-bond acceptors (Lipinski definition) is 9. The highest BCUT2D eigenvalue weighted by Crippen LogP contribution is 2.15. The zero-order chi connectivity index (χ0) is 33.7. The first-order valence-electron chi connectivity index (χ1n) is 14.4. The number of amides is 4. The number of aliphatic hydroxyl groups is 1. The molecule has 1 fully saturated rings. The van der Waals surface area contributed by atoms with Crippen LogP contribution in [0.3, 0.4) is 0 Å². The van der Waals surface area contributed by atoms with Gasteiger partial charge in [-0.05, 0) is 44.7 Å². The van der Waals surface area contributed by atoms with Crippen molar-refractivity contribution in [2.75, 3.05) is 26.7 Å². The Kier molecular flexibility index (Phi) is 14.3. The maximum atomic E-state index is 13.8. The Morgan fingerprint density at radius 2 is 1.93 bits per heavy atom. The Balaban J connectivity index is 0.000000372. The lowest BCUT2D eigenvalue weighted by Gasteiger charge is -2.20. The first-order chi connectivity index (χ1) is 21.2. The Morgan fingerprint density at radius 3 is 2.47 bits per heavy atom. The van der Waals surface area contributed by atoms with Crippen molar-refractivity contribution in [3.05, 3.63) is 64.3 Å². The maximum absolute atomic E-state index is 13.8. The van der Waals surface area contributed by atoms with Gasteiger partial charge < -0.3 is 35.2 Å². The van der Waals surface area contributed by atoms with E-state index in [9.17, 15) is 28.7 Å². The van der Waals surface area contributed by atoms with Crippen LogP contribution in [-0.2, 0) is 25.7 Å². The number of methoxy groups -OCH3 is 1. The lowest BCUT2D eigenvalue weighted by molar-refractivity contribution is -0.128. The average Bonchev–Trinajstić information content (AvgIpc) is 3.66. The molecule has 0 radical (unpaired) electrons. The van der Waals surface area contributed by atoms with Gasteiger partial charge in [-0.25, -0.2) is 4.39 Å². The van der Waals surface area contributed by atoms with Gasteiger partial charge in [-0.2, -0.15) is 5.26 Å². The molecule has 0 saturated carbocycles. The third-order valence-electron chi connectivity index (χ3n) is 6.64.